The van der Waals surface area contributed by atoms with Crippen LogP contribution in [0.1, 0.15) is 55.3 Å². The third-order valence-electron chi connectivity index (χ3n) is 4.38. The van der Waals surface area contributed by atoms with Gasteiger partial charge in [-0.2, -0.15) is 5.26 Å². The molecule has 2 rings (SSSR count). The van der Waals surface area contributed by atoms with Crippen LogP contribution in [0.5, 0.6) is 0 Å². The molecule has 1 aromatic heterocycles. The first-order valence-electron chi connectivity index (χ1n) is 7.60. The predicted molar refractivity (Wildman–Crippen MR) is 87.8 cm³/mol. The number of piperidine rings is 1. The lowest BCUT2D eigenvalue weighted by Gasteiger charge is -2.34. The minimum atomic E-state index is 0.0253. The summed E-state index contributed by atoms with van der Waals surface area (Å²) >= 11 is 1.39. The van der Waals surface area contributed by atoms with Crippen LogP contribution >= 0.6 is 11.3 Å². The van der Waals surface area contributed by atoms with Gasteiger partial charge in [0, 0.05) is 19.5 Å². The summed E-state index contributed by atoms with van der Waals surface area (Å²) < 4.78 is 0. The average Bonchev–Trinajstić information content (AvgIpc) is 2.83. The molecule has 2 N–H and O–H groups in total. The van der Waals surface area contributed by atoms with Gasteiger partial charge in [0.2, 0.25) is 0 Å². The van der Waals surface area contributed by atoms with Crippen LogP contribution in [-0.2, 0) is 0 Å². The van der Waals surface area contributed by atoms with E-state index in [4.69, 9.17) is 5.73 Å². The van der Waals surface area contributed by atoms with Gasteiger partial charge in [-0.1, -0.05) is 20.8 Å². The zero-order valence-corrected chi connectivity index (χ0v) is 13.8. The molecule has 2 heterocycles. The topological polar surface area (TPSA) is 70.1 Å². The molecule has 114 valence electrons. The van der Waals surface area contributed by atoms with E-state index in [9.17, 15) is 10.1 Å². The van der Waals surface area contributed by atoms with E-state index in [0.717, 1.165) is 36.9 Å². The quantitative estimate of drug-likeness (QED) is 0.862. The average molecular weight is 305 g/mol. The smallest absolute Gasteiger partial charge is 0.174 e. The van der Waals surface area contributed by atoms with Crippen LogP contribution in [0.3, 0.4) is 0 Å². The van der Waals surface area contributed by atoms with E-state index in [1.807, 2.05) is 6.92 Å². The van der Waals surface area contributed by atoms with Crippen LogP contribution in [0.4, 0.5) is 10.7 Å². The highest BCUT2D eigenvalue weighted by Gasteiger charge is 2.27. The maximum absolute atomic E-state index is 11.9. The van der Waals surface area contributed by atoms with Crippen LogP contribution in [0, 0.1) is 23.2 Å². The second-order valence-electron chi connectivity index (χ2n) is 5.98. The number of hydrogen-bond donors (Lipinski definition) is 1. The second kappa shape index (κ2) is 6.48. The van der Waals surface area contributed by atoms with Crippen molar-refractivity contribution >= 4 is 27.8 Å². The Labute approximate surface area is 130 Å². The summed E-state index contributed by atoms with van der Waals surface area (Å²) in [6.45, 7) is 8.24. The molecule has 1 aromatic rings. The van der Waals surface area contributed by atoms with Gasteiger partial charge in [0.1, 0.15) is 16.6 Å². The van der Waals surface area contributed by atoms with Crippen molar-refractivity contribution in [3.63, 3.8) is 0 Å². The molecule has 0 aliphatic carbocycles. The molecule has 5 heteroatoms. The molecule has 21 heavy (non-hydrogen) atoms. The van der Waals surface area contributed by atoms with Gasteiger partial charge in [0.15, 0.2) is 5.78 Å². The molecule has 4 nitrogen and oxygen atoms in total. The number of nitrogens with two attached hydrogens (primary N) is 1. The van der Waals surface area contributed by atoms with E-state index < -0.39 is 0 Å². The third-order valence-corrected chi connectivity index (χ3v) is 5.69. The zero-order valence-electron chi connectivity index (χ0n) is 13.0. The SMILES string of the molecule is CCC(=O)c1sc(N2CCC(C(C)C)CC2)c(C#N)c1N. The monoisotopic (exact) mass is 305 g/mol. The number of rotatable bonds is 4. The maximum Gasteiger partial charge on any atom is 0.174 e. The second-order valence-corrected chi connectivity index (χ2v) is 6.98. The molecule has 0 radical (unpaired) electrons. The van der Waals surface area contributed by atoms with Gasteiger partial charge < -0.3 is 10.6 Å². The summed E-state index contributed by atoms with van der Waals surface area (Å²) in [5.41, 5.74) is 6.87. The molecule has 1 saturated heterocycles. The maximum atomic E-state index is 11.9. The Morgan fingerprint density at radius 2 is 2.10 bits per heavy atom. The zero-order chi connectivity index (χ0) is 15.6. The Bertz CT molecular complexity index is 563. The standard InChI is InChI=1S/C16H23N3OS/c1-4-13(20)15-14(18)12(9-17)16(21-15)19-7-5-11(6-8-19)10(2)3/h10-11H,4-8,18H2,1-3H3. The molecule has 0 bridgehead atoms. The lowest BCUT2D eigenvalue weighted by Crippen LogP contribution is -2.35. The largest absolute Gasteiger partial charge is 0.396 e. The van der Waals surface area contributed by atoms with Crippen molar-refractivity contribution in [1.29, 1.82) is 5.26 Å². The van der Waals surface area contributed by atoms with Crippen LogP contribution < -0.4 is 10.6 Å². The van der Waals surface area contributed by atoms with Crippen molar-refractivity contribution in [2.24, 2.45) is 11.8 Å². The van der Waals surface area contributed by atoms with Crippen LogP contribution in [-0.4, -0.2) is 18.9 Å². The molecule has 0 unspecified atom stereocenters. The summed E-state index contributed by atoms with van der Waals surface area (Å²) in [5, 5.41) is 10.3. The number of ketones is 1. The van der Waals surface area contributed by atoms with E-state index in [1.165, 1.54) is 11.3 Å². The number of carbonyl (C=O) groups is 1. The van der Waals surface area contributed by atoms with Crippen LogP contribution in [0.25, 0.3) is 0 Å². The van der Waals surface area contributed by atoms with Crippen molar-refractivity contribution in [3.8, 4) is 6.07 Å². The van der Waals surface area contributed by atoms with Crippen molar-refractivity contribution in [2.75, 3.05) is 23.7 Å². The number of nitrogens with zero attached hydrogens (tertiary/aromatic N) is 2. The van der Waals surface area contributed by atoms with E-state index >= 15 is 0 Å². The van der Waals surface area contributed by atoms with Crippen molar-refractivity contribution in [3.05, 3.63) is 10.4 Å². The van der Waals surface area contributed by atoms with Crippen molar-refractivity contribution < 1.29 is 4.79 Å². The Kier molecular flexibility index (Phi) is 4.89. The number of Topliss-reactive ketones (excluding diaryl/α,β-unsaturated/α-hetero) is 1. The van der Waals surface area contributed by atoms with E-state index in [2.05, 4.69) is 24.8 Å². The molecule has 1 aliphatic heterocycles. The lowest BCUT2D eigenvalue weighted by atomic mass is 9.87. The van der Waals surface area contributed by atoms with Gasteiger partial charge in [-0.25, -0.2) is 0 Å². The first-order chi connectivity index (χ1) is 9.99. The fourth-order valence-corrected chi connectivity index (χ4v) is 4.13. The van der Waals surface area contributed by atoms with Gasteiger partial charge in [-0.3, -0.25) is 4.79 Å². The highest BCUT2D eigenvalue weighted by atomic mass is 32.1. The minimum absolute atomic E-state index is 0.0253. The van der Waals surface area contributed by atoms with E-state index in [-0.39, 0.29) is 5.78 Å². The number of carbonyl (C=O) groups excluding carboxylic acids is 1. The third kappa shape index (κ3) is 3.06. The highest BCUT2D eigenvalue weighted by molar-refractivity contribution is 7.19. The predicted octanol–water partition coefficient (Wildman–Crippen LogP) is 3.67. The van der Waals surface area contributed by atoms with Crippen molar-refractivity contribution in [1.82, 2.24) is 0 Å². The fraction of sp³-hybridized carbons (Fsp3) is 0.625. The molecule has 0 aromatic carbocycles. The number of nitriles is 1. The Balaban J connectivity index is 2.25. The molecule has 1 fully saturated rings. The van der Waals surface area contributed by atoms with Gasteiger partial charge >= 0.3 is 0 Å². The summed E-state index contributed by atoms with van der Waals surface area (Å²) in [6.07, 6.45) is 2.69. The molecule has 0 saturated carbocycles. The first kappa shape index (κ1) is 15.8. The lowest BCUT2D eigenvalue weighted by molar-refractivity contribution is 0.0993. The Hall–Kier alpha value is -1.54. The number of hydrogen-bond acceptors (Lipinski definition) is 5. The van der Waals surface area contributed by atoms with Gasteiger partial charge in [-0.05, 0) is 24.7 Å². The summed E-state index contributed by atoms with van der Waals surface area (Å²) in [5.74, 6) is 1.48. The van der Waals surface area contributed by atoms with Crippen molar-refractivity contribution in [2.45, 2.75) is 40.0 Å². The molecular formula is C16H23N3OS. The summed E-state index contributed by atoms with van der Waals surface area (Å²) in [7, 11) is 0. The fourth-order valence-electron chi connectivity index (χ4n) is 2.90. The van der Waals surface area contributed by atoms with Crippen LogP contribution in [0.2, 0.25) is 0 Å². The van der Waals surface area contributed by atoms with E-state index in [1.54, 1.807) is 0 Å². The number of anilines is 2. The number of thiophene rings is 1. The molecule has 0 spiro atoms. The van der Waals surface area contributed by atoms with Gasteiger partial charge in [-0.15, -0.1) is 11.3 Å². The summed E-state index contributed by atoms with van der Waals surface area (Å²) in [6, 6.07) is 2.19. The van der Waals surface area contributed by atoms with E-state index in [0.29, 0.717) is 28.5 Å². The molecule has 0 atom stereocenters. The molecule has 1 aliphatic rings. The first-order valence-corrected chi connectivity index (χ1v) is 8.41. The molecular weight excluding hydrogens is 282 g/mol. The van der Waals surface area contributed by atoms with Gasteiger partial charge in [0.25, 0.3) is 0 Å². The highest BCUT2D eigenvalue weighted by Crippen LogP contribution is 2.40. The number of nitrogen functional groups attached to an aromatic ring is 1. The summed E-state index contributed by atoms with van der Waals surface area (Å²) in [4.78, 5) is 14.7. The normalized spacial score (nSPS) is 16.2. The molecule has 0 amide bonds. The van der Waals surface area contributed by atoms with Gasteiger partial charge in [0.05, 0.1) is 10.6 Å². The van der Waals surface area contributed by atoms with Crippen LogP contribution in [0.15, 0.2) is 0 Å². The minimum Gasteiger partial charge on any atom is -0.396 e. The Morgan fingerprint density at radius 1 is 1.48 bits per heavy atom. The Morgan fingerprint density at radius 3 is 2.57 bits per heavy atom.